The maximum atomic E-state index is 9.24. The summed E-state index contributed by atoms with van der Waals surface area (Å²) in [5, 5.41) is 9.24. The molecule has 1 heterocycles. The lowest BCUT2D eigenvalue weighted by Crippen LogP contribution is -2.33. The van der Waals surface area contributed by atoms with E-state index in [9.17, 15) is 5.26 Å². The molecule has 2 heteroatoms. The zero-order valence-corrected chi connectivity index (χ0v) is 8.89. The SMILES string of the molecule is N#C[C@H](c1ccccc1)N1CCCCC1. The van der Waals surface area contributed by atoms with E-state index < -0.39 is 0 Å². The molecular formula is C13H16N2. The smallest absolute Gasteiger partial charge is 0.123 e. The highest BCUT2D eigenvalue weighted by Gasteiger charge is 2.21. The van der Waals surface area contributed by atoms with Gasteiger partial charge in [0.05, 0.1) is 6.07 Å². The second kappa shape index (κ2) is 4.95. The standard InChI is InChI=1S/C13H16N2/c14-11-13(12-7-3-1-4-8-12)15-9-5-2-6-10-15/h1,3-4,7-8,13H,2,5-6,9-10H2/t13-/m1/s1. The summed E-state index contributed by atoms with van der Waals surface area (Å²) in [5.74, 6) is 0. The Morgan fingerprint density at radius 1 is 1.07 bits per heavy atom. The predicted octanol–water partition coefficient (Wildman–Crippen LogP) is 2.74. The van der Waals surface area contributed by atoms with Gasteiger partial charge in [0.25, 0.3) is 0 Å². The van der Waals surface area contributed by atoms with Crippen molar-refractivity contribution >= 4 is 0 Å². The van der Waals surface area contributed by atoms with E-state index >= 15 is 0 Å². The lowest BCUT2D eigenvalue weighted by Gasteiger charge is -2.30. The van der Waals surface area contributed by atoms with Crippen LogP contribution in [-0.4, -0.2) is 18.0 Å². The molecule has 0 amide bonds. The van der Waals surface area contributed by atoms with Gasteiger partial charge in [-0.05, 0) is 31.5 Å². The first-order chi connectivity index (χ1) is 7.42. The molecule has 1 atom stereocenters. The number of rotatable bonds is 2. The van der Waals surface area contributed by atoms with E-state index in [1.54, 1.807) is 0 Å². The molecule has 1 aliphatic rings. The van der Waals surface area contributed by atoms with E-state index in [1.807, 2.05) is 30.3 Å². The van der Waals surface area contributed by atoms with Crippen molar-refractivity contribution in [2.75, 3.05) is 13.1 Å². The Morgan fingerprint density at radius 3 is 2.33 bits per heavy atom. The Bertz CT molecular complexity index is 333. The molecule has 0 N–H and O–H groups in total. The van der Waals surface area contributed by atoms with Gasteiger partial charge in [0.1, 0.15) is 6.04 Å². The minimum atomic E-state index is -0.0495. The number of nitriles is 1. The summed E-state index contributed by atoms with van der Waals surface area (Å²) in [6.07, 6.45) is 3.76. The van der Waals surface area contributed by atoms with Gasteiger partial charge >= 0.3 is 0 Å². The average Bonchev–Trinajstić information content (AvgIpc) is 2.33. The summed E-state index contributed by atoms with van der Waals surface area (Å²) in [4.78, 5) is 2.29. The summed E-state index contributed by atoms with van der Waals surface area (Å²) in [6, 6.07) is 12.5. The van der Waals surface area contributed by atoms with Crippen molar-refractivity contribution in [3.8, 4) is 6.07 Å². The molecule has 0 aliphatic carbocycles. The van der Waals surface area contributed by atoms with Crippen molar-refractivity contribution in [3.05, 3.63) is 35.9 Å². The van der Waals surface area contributed by atoms with Gasteiger partial charge in [-0.15, -0.1) is 0 Å². The van der Waals surface area contributed by atoms with Gasteiger partial charge in [-0.3, -0.25) is 4.90 Å². The molecule has 15 heavy (non-hydrogen) atoms. The van der Waals surface area contributed by atoms with Gasteiger partial charge in [-0.2, -0.15) is 5.26 Å². The molecule has 0 unspecified atom stereocenters. The average molecular weight is 200 g/mol. The van der Waals surface area contributed by atoms with Gasteiger partial charge in [0.2, 0.25) is 0 Å². The zero-order chi connectivity index (χ0) is 10.5. The number of nitrogens with zero attached hydrogens (tertiary/aromatic N) is 2. The highest BCUT2D eigenvalue weighted by molar-refractivity contribution is 5.24. The molecular weight excluding hydrogens is 184 g/mol. The first kappa shape index (κ1) is 10.2. The minimum absolute atomic E-state index is 0.0495. The van der Waals surface area contributed by atoms with Gasteiger partial charge in [-0.1, -0.05) is 36.8 Å². The third-order valence-electron chi connectivity index (χ3n) is 2.99. The topological polar surface area (TPSA) is 27.0 Å². The number of hydrogen-bond acceptors (Lipinski definition) is 2. The summed E-state index contributed by atoms with van der Waals surface area (Å²) in [6.45, 7) is 2.13. The largest absolute Gasteiger partial charge is 0.284 e. The highest BCUT2D eigenvalue weighted by atomic mass is 15.2. The Hall–Kier alpha value is -1.33. The quantitative estimate of drug-likeness (QED) is 0.734. The fourth-order valence-electron chi connectivity index (χ4n) is 2.18. The maximum Gasteiger partial charge on any atom is 0.123 e. The van der Waals surface area contributed by atoms with Crippen LogP contribution in [0.2, 0.25) is 0 Å². The van der Waals surface area contributed by atoms with Crippen LogP contribution in [-0.2, 0) is 0 Å². The van der Waals surface area contributed by atoms with E-state index in [4.69, 9.17) is 0 Å². The van der Waals surface area contributed by atoms with Crippen LogP contribution in [0.1, 0.15) is 30.9 Å². The van der Waals surface area contributed by atoms with Gasteiger partial charge in [-0.25, -0.2) is 0 Å². The third kappa shape index (κ3) is 2.37. The number of hydrogen-bond donors (Lipinski definition) is 0. The van der Waals surface area contributed by atoms with Crippen LogP contribution in [0.25, 0.3) is 0 Å². The van der Waals surface area contributed by atoms with Crippen LogP contribution in [0.3, 0.4) is 0 Å². The van der Waals surface area contributed by atoms with Crippen molar-refractivity contribution in [3.63, 3.8) is 0 Å². The van der Waals surface area contributed by atoms with Gasteiger partial charge < -0.3 is 0 Å². The summed E-state index contributed by atoms with van der Waals surface area (Å²) in [7, 11) is 0. The van der Waals surface area contributed by atoms with E-state index in [-0.39, 0.29) is 6.04 Å². The molecule has 2 nitrogen and oxygen atoms in total. The Labute approximate surface area is 91.1 Å². The second-order valence-corrected chi connectivity index (χ2v) is 4.04. The van der Waals surface area contributed by atoms with E-state index in [0.717, 1.165) is 18.7 Å². The predicted molar refractivity (Wildman–Crippen MR) is 60.2 cm³/mol. The van der Waals surface area contributed by atoms with Gasteiger partial charge in [0.15, 0.2) is 0 Å². The second-order valence-electron chi connectivity index (χ2n) is 4.04. The fraction of sp³-hybridized carbons (Fsp3) is 0.462. The molecule has 0 saturated carbocycles. The number of piperidine rings is 1. The van der Waals surface area contributed by atoms with Crippen LogP contribution >= 0.6 is 0 Å². The monoisotopic (exact) mass is 200 g/mol. The van der Waals surface area contributed by atoms with Crippen LogP contribution in [0.15, 0.2) is 30.3 Å². The summed E-state index contributed by atoms with van der Waals surface area (Å²) < 4.78 is 0. The first-order valence-corrected chi connectivity index (χ1v) is 5.60. The van der Waals surface area contributed by atoms with Crippen molar-refractivity contribution in [1.82, 2.24) is 4.90 Å². The minimum Gasteiger partial charge on any atom is -0.284 e. The molecule has 1 aliphatic heterocycles. The normalized spacial score (nSPS) is 19.4. The lowest BCUT2D eigenvalue weighted by atomic mass is 10.0. The van der Waals surface area contributed by atoms with E-state index in [1.165, 1.54) is 19.3 Å². The van der Waals surface area contributed by atoms with E-state index in [0.29, 0.717) is 0 Å². The Morgan fingerprint density at radius 2 is 1.73 bits per heavy atom. The maximum absolute atomic E-state index is 9.24. The summed E-state index contributed by atoms with van der Waals surface area (Å²) in [5.41, 5.74) is 1.13. The lowest BCUT2D eigenvalue weighted by molar-refractivity contribution is 0.196. The van der Waals surface area contributed by atoms with Crippen LogP contribution in [0, 0.1) is 11.3 Å². The number of benzene rings is 1. The van der Waals surface area contributed by atoms with Crippen LogP contribution in [0.5, 0.6) is 0 Å². The Balaban J connectivity index is 2.14. The van der Waals surface area contributed by atoms with Crippen LogP contribution < -0.4 is 0 Å². The molecule has 1 aromatic rings. The molecule has 1 aromatic carbocycles. The van der Waals surface area contributed by atoms with Crippen molar-refractivity contribution in [2.45, 2.75) is 25.3 Å². The van der Waals surface area contributed by atoms with Gasteiger partial charge in [0, 0.05) is 0 Å². The molecule has 0 radical (unpaired) electrons. The van der Waals surface area contributed by atoms with Crippen molar-refractivity contribution < 1.29 is 0 Å². The molecule has 0 spiro atoms. The molecule has 1 saturated heterocycles. The molecule has 78 valence electrons. The Kier molecular flexibility index (Phi) is 3.37. The molecule has 2 rings (SSSR count). The summed E-state index contributed by atoms with van der Waals surface area (Å²) >= 11 is 0. The van der Waals surface area contributed by atoms with Crippen LogP contribution in [0.4, 0.5) is 0 Å². The van der Waals surface area contributed by atoms with Crippen molar-refractivity contribution in [1.29, 1.82) is 5.26 Å². The molecule has 0 aromatic heterocycles. The van der Waals surface area contributed by atoms with Crippen molar-refractivity contribution in [2.24, 2.45) is 0 Å². The molecule has 0 bridgehead atoms. The molecule has 1 fully saturated rings. The number of likely N-dealkylation sites (tertiary alicyclic amines) is 1. The zero-order valence-electron chi connectivity index (χ0n) is 8.89. The fourth-order valence-corrected chi connectivity index (χ4v) is 2.18. The third-order valence-corrected chi connectivity index (χ3v) is 2.99. The highest BCUT2D eigenvalue weighted by Crippen LogP contribution is 2.23. The first-order valence-electron chi connectivity index (χ1n) is 5.60. The van der Waals surface area contributed by atoms with E-state index in [2.05, 4.69) is 11.0 Å².